The number of nitro groups is 1. The Morgan fingerprint density at radius 2 is 2.22 bits per heavy atom. The number of carboxylic acid groups (broad SMARTS) is 1. The SMILES string of the molecule is CC(CN(C)c1ccc(F)cc1[N+](=O)[O-])C(=O)O. The maximum atomic E-state index is 12.9. The van der Waals surface area contributed by atoms with Gasteiger partial charge in [0.2, 0.25) is 0 Å². The standard InChI is InChI=1S/C11H13FN2O4/c1-7(11(15)16)6-13(2)9-4-3-8(12)5-10(9)14(17)18/h3-5,7H,6H2,1-2H3,(H,15,16). The van der Waals surface area contributed by atoms with Gasteiger partial charge in [-0.2, -0.15) is 0 Å². The molecule has 1 N–H and O–H groups in total. The van der Waals surface area contributed by atoms with Crippen molar-refractivity contribution in [2.24, 2.45) is 5.92 Å². The van der Waals surface area contributed by atoms with Gasteiger partial charge in [-0.3, -0.25) is 14.9 Å². The highest BCUT2D eigenvalue weighted by atomic mass is 19.1. The molecule has 1 atom stereocenters. The van der Waals surface area contributed by atoms with E-state index in [1.54, 1.807) is 0 Å². The summed E-state index contributed by atoms with van der Waals surface area (Å²) in [6.45, 7) is 1.59. The van der Waals surface area contributed by atoms with Gasteiger partial charge in [-0.05, 0) is 12.1 Å². The predicted molar refractivity (Wildman–Crippen MR) is 63.1 cm³/mol. The molecule has 0 fully saturated rings. The van der Waals surface area contributed by atoms with E-state index in [1.165, 1.54) is 24.9 Å². The van der Waals surface area contributed by atoms with E-state index in [0.29, 0.717) is 0 Å². The van der Waals surface area contributed by atoms with Gasteiger partial charge in [-0.1, -0.05) is 6.92 Å². The van der Waals surface area contributed by atoms with Gasteiger partial charge in [0, 0.05) is 13.6 Å². The number of nitrogens with zero attached hydrogens (tertiary/aromatic N) is 2. The topological polar surface area (TPSA) is 83.7 Å². The van der Waals surface area contributed by atoms with Crippen LogP contribution < -0.4 is 4.90 Å². The van der Waals surface area contributed by atoms with E-state index in [9.17, 15) is 19.3 Å². The second-order valence-electron chi connectivity index (χ2n) is 4.01. The van der Waals surface area contributed by atoms with E-state index in [-0.39, 0.29) is 17.9 Å². The molecule has 0 saturated carbocycles. The molecule has 0 bridgehead atoms. The molecule has 1 unspecified atom stereocenters. The predicted octanol–water partition coefficient (Wildman–Crippen LogP) is 1.89. The van der Waals surface area contributed by atoms with Gasteiger partial charge in [0.05, 0.1) is 16.9 Å². The molecule has 0 aromatic heterocycles. The van der Waals surface area contributed by atoms with Gasteiger partial charge in [0.1, 0.15) is 11.5 Å². The highest BCUT2D eigenvalue weighted by molar-refractivity contribution is 5.71. The first-order valence-electron chi connectivity index (χ1n) is 5.20. The Morgan fingerprint density at radius 1 is 1.61 bits per heavy atom. The fraction of sp³-hybridized carbons (Fsp3) is 0.364. The molecule has 7 heteroatoms. The fourth-order valence-electron chi connectivity index (χ4n) is 1.55. The number of halogens is 1. The largest absolute Gasteiger partial charge is 0.481 e. The van der Waals surface area contributed by atoms with Gasteiger partial charge in [0.25, 0.3) is 5.69 Å². The maximum Gasteiger partial charge on any atom is 0.308 e. The molecular weight excluding hydrogens is 243 g/mol. The third kappa shape index (κ3) is 3.16. The Morgan fingerprint density at radius 3 is 2.72 bits per heavy atom. The lowest BCUT2D eigenvalue weighted by Gasteiger charge is -2.21. The highest BCUT2D eigenvalue weighted by Gasteiger charge is 2.21. The van der Waals surface area contributed by atoms with Gasteiger partial charge < -0.3 is 10.0 Å². The Balaban J connectivity index is 3.01. The summed E-state index contributed by atoms with van der Waals surface area (Å²) >= 11 is 0. The van der Waals surface area contributed by atoms with Crippen molar-refractivity contribution in [1.82, 2.24) is 0 Å². The Hall–Kier alpha value is -2.18. The van der Waals surface area contributed by atoms with Crippen LogP contribution in [-0.2, 0) is 4.79 Å². The van der Waals surface area contributed by atoms with Gasteiger partial charge in [-0.25, -0.2) is 4.39 Å². The van der Waals surface area contributed by atoms with E-state index in [2.05, 4.69) is 0 Å². The van der Waals surface area contributed by atoms with Crippen molar-refractivity contribution in [3.05, 3.63) is 34.1 Å². The quantitative estimate of drug-likeness (QED) is 0.642. The number of nitro benzene ring substituents is 1. The van der Waals surface area contributed by atoms with Crippen molar-refractivity contribution in [3.8, 4) is 0 Å². The summed E-state index contributed by atoms with van der Waals surface area (Å²) in [5.41, 5.74) is -0.190. The first-order valence-corrected chi connectivity index (χ1v) is 5.20. The summed E-state index contributed by atoms with van der Waals surface area (Å²) < 4.78 is 12.9. The molecule has 1 aromatic rings. The van der Waals surface area contributed by atoms with Crippen LogP contribution in [0.3, 0.4) is 0 Å². The van der Waals surface area contributed by atoms with Crippen LogP contribution in [0.5, 0.6) is 0 Å². The third-order valence-electron chi connectivity index (χ3n) is 2.51. The number of benzene rings is 1. The van der Waals surface area contributed by atoms with E-state index in [0.717, 1.165) is 12.1 Å². The summed E-state index contributed by atoms with van der Waals surface area (Å²) in [7, 11) is 1.53. The Labute approximate surface area is 103 Å². The molecule has 0 saturated heterocycles. The van der Waals surface area contributed by atoms with Crippen molar-refractivity contribution in [1.29, 1.82) is 0 Å². The van der Waals surface area contributed by atoms with Gasteiger partial charge in [0.15, 0.2) is 0 Å². The number of hydrogen-bond acceptors (Lipinski definition) is 4. The molecule has 0 heterocycles. The van der Waals surface area contributed by atoms with Crippen molar-refractivity contribution in [3.63, 3.8) is 0 Å². The second-order valence-corrected chi connectivity index (χ2v) is 4.01. The summed E-state index contributed by atoms with van der Waals surface area (Å²) in [5.74, 6) is -2.38. The van der Waals surface area contributed by atoms with Crippen LogP contribution in [0.15, 0.2) is 18.2 Å². The van der Waals surface area contributed by atoms with Crippen LogP contribution in [-0.4, -0.2) is 29.6 Å². The van der Waals surface area contributed by atoms with Crippen molar-refractivity contribution < 1.29 is 19.2 Å². The van der Waals surface area contributed by atoms with Crippen LogP contribution in [0.25, 0.3) is 0 Å². The van der Waals surface area contributed by atoms with E-state index in [4.69, 9.17) is 5.11 Å². The zero-order valence-electron chi connectivity index (χ0n) is 9.96. The van der Waals surface area contributed by atoms with Crippen LogP contribution >= 0.6 is 0 Å². The van der Waals surface area contributed by atoms with Crippen molar-refractivity contribution in [2.45, 2.75) is 6.92 Å². The summed E-state index contributed by atoms with van der Waals surface area (Å²) in [5, 5.41) is 19.6. The number of aliphatic carboxylic acids is 1. The molecule has 98 valence electrons. The molecule has 0 aliphatic carbocycles. The lowest BCUT2D eigenvalue weighted by atomic mass is 10.1. The minimum Gasteiger partial charge on any atom is -0.481 e. The van der Waals surface area contributed by atoms with Gasteiger partial charge in [-0.15, -0.1) is 0 Å². The van der Waals surface area contributed by atoms with Crippen LogP contribution in [0.4, 0.5) is 15.8 Å². The smallest absolute Gasteiger partial charge is 0.308 e. The minimum absolute atomic E-state index is 0.0990. The summed E-state index contributed by atoms with van der Waals surface area (Å²) in [6.07, 6.45) is 0. The molecule has 0 aliphatic heterocycles. The van der Waals surface area contributed by atoms with E-state index in [1.807, 2.05) is 0 Å². The van der Waals surface area contributed by atoms with Crippen molar-refractivity contribution >= 4 is 17.3 Å². The lowest BCUT2D eigenvalue weighted by Crippen LogP contribution is -2.28. The van der Waals surface area contributed by atoms with E-state index < -0.39 is 22.6 Å². The average Bonchev–Trinajstić information content (AvgIpc) is 2.28. The molecule has 1 rings (SSSR count). The zero-order chi connectivity index (χ0) is 13.9. The molecule has 0 aliphatic rings. The fourth-order valence-corrected chi connectivity index (χ4v) is 1.55. The van der Waals surface area contributed by atoms with E-state index >= 15 is 0 Å². The molecule has 0 amide bonds. The van der Waals surface area contributed by atoms with Crippen LogP contribution in [0.1, 0.15) is 6.92 Å². The Kier molecular flexibility index (Phi) is 4.19. The Bertz CT molecular complexity index is 478. The molecule has 6 nitrogen and oxygen atoms in total. The molecule has 1 aromatic carbocycles. The molecule has 0 spiro atoms. The first kappa shape index (κ1) is 13.9. The van der Waals surface area contributed by atoms with Crippen LogP contribution in [0, 0.1) is 21.8 Å². The molecular formula is C11H13FN2O4. The third-order valence-corrected chi connectivity index (χ3v) is 2.51. The van der Waals surface area contributed by atoms with Crippen LogP contribution in [0.2, 0.25) is 0 Å². The van der Waals surface area contributed by atoms with Crippen molar-refractivity contribution in [2.75, 3.05) is 18.5 Å². The highest BCUT2D eigenvalue weighted by Crippen LogP contribution is 2.28. The molecule has 18 heavy (non-hydrogen) atoms. The monoisotopic (exact) mass is 256 g/mol. The molecule has 0 radical (unpaired) electrons. The first-order chi connectivity index (χ1) is 8.32. The lowest BCUT2D eigenvalue weighted by molar-refractivity contribution is -0.384. The number of anilines is 1. The number of carboxylic acids is 1. The minimum atomic E-state index is -0.994. The number of rotatable bonds is 5. The second kappa shape index (κ2) is 5.44. The normalized spacial score (nSPS) is 11.9. The maximum absolute atomic E-state index is 12.9. The average molecular weight is 256 g/mol. The summed E-state index contributed by atoms with van der Waals surface area (Å²) in [4.78, 5) is 22.2. The number of carbonyl (C=O) groups is 1. The number of hydrogen-bond donors (Lipinski definition) is 1. The summed E-state index contributed by atoms with van der Waals surface area (Å²) in [6, 6.07) is 3.18. The van der Waals surface area contributed by atoms with Gasteiger partial charge >= 0.3 is 5.97 Å². The zero-order valence-corrected chi connectivity index (χ0v) is 9.96.